The van der Waals surface area contributed by atoms with E-state index in [1.54, 1.807) is 0 Å². The molecule has 0 radical (unpaired) electrons. The number of fused-ring (bicyclic) bond motifs is 1. The summed E-state index contributed by atoms with van der Waals surface area (Å²) in [6.07, 6.45) is 4.82. The van der Waals surface area contributed by atoms with Gasteiger partial charge < -0.3 is 15.5 Å². The molecule has 21 heavy (non-hydrogen) atoms. The summed E-state index contributed by atoms with van der Waals surface area (Å²) < 4.78 is 0. The van der Waals surface area contributed by atoms with E-state index in [1.807, 2.05) is 6.08 Å². The molecular formula is C16H18ClNO3. The minimum Gasteiger partial charge on any atom is -0.504 e. The van der Waals surface area contributed by atoms with Crippen molar-refractivity contribution in [2.24, 2.45) is 5.92 Å². The van der Waals surface area contributed by atoms with Crippen molar-refractivity contribution in [3.8, 4) is 11.5 Å². The Balaban J connectivity index is 1.84. The zero-order valence-corrected chi connectivity index (χ0v) is 12.4. The maximum Gasteiger partial charge on any atom is 0.158 e. The van der Waals surface area contributed by atoms with Gasteiger partial charge in [-0.15, -0.1) is 0 Å². The average Bonchev–Trinajstić information content (AvgIpc) is 2.44. The van der Waals surface area contributed by atoms with E-state index in [2.05, 4.69) is 5.32 Å². The highest BCUT2D eigenvalue weighted by Gasteiger charge is 2.31. The summed E-state index contributed by atoms with van der Waals surface area (Å²) in [5.74, 6) is 0.280. The lowest BCUT2D eigenvalue weighted by Gasteiger charge is -2.36. The fourth-order valence-corrected chi connectivity index (χ4v) is 3.52. The molecule has 1 aromatic carbocycles. The van der Waals surface area contributed by atoms with Gasteiger partial charge in [-0.3, -0.25) is 4.79 Å². The van der Waals surface area contributed by atoms with Crippen LogP contribution in [0.1, 0.15) is 24.8 Å². The van der Waals surface area contributed by atoms with Crippen molar-refractivity contribution in [2.45, 2.75) is 31.7 Å². The van der Waals surface area contributed by atoms with E-state index in [0.717, 1.165) is 18.5 Å². The van der Waals surface area contributed by atoms with Crippen LogP contribution in [0.2, 0.25) is 5.02 Å². The van der Waals surface area contributed by atoms with Crippen molar-refractivity contribution >= 4 is 17.4 Å². The fraction of sp³-hybridized carbons (Fsp3) is 0.438. The van der Waals surface area contributed by atoms with Gasteiger partial charge in [0.25, 0.3) is 0 Å². The van der Waals surface area contributed by atoms with Gasteiger partial charge in [-0.25, -0.2) is 0 Å². The van der Waals surface area contributed by atoms with E-state index in [0.29, 0.717) is 36.0 Å². The molecular weight excluding hydrogens is 290 g/mol. The maximum absolute atomic E-state index is 11.6. The molecule has 1 fully saturated rings. The van der Waals surface area contributed by atoms with Crippen LogP contribution in [0.3, 0.4) is 0 Å². The molecule has 2 aliphatic rings. The average molecular weight is 308 g/mol. The van der Waals surface area contributed by atoms with Crippen molar-refractivity contribution in [2.75, 3.05) is 6.54 Å². The van der Waals surface area contributed by atoms with E-state index in [1.165, 1.54) is 17.7 Å². The molecule has 2 atom stereocenters. The third kappa shape index (κ3) is 2.92. The van der Waals surface area contributed by atoms with Gasteiger partial charge in [0, 0.05) is 30.0 Å². The zero-order valence-electron chi connectivity index (χ0n) is 11.6. The monoisotopic (exact) mass is 307 g/mol. The first-order valence-electron chi connectivity index (χ1n) is 7.20. The van der Waals surface area contributed by atoms with Crippen molar-refractivity contribution in [3.63, 3.8) is 0 Å². The number of benzene rings is 1. The molecule has 0 saturated carbocycles. The highest BCUT2D eigenvalue weighted by molar-refractivity contribution is 6.31. The zero-order chi connectivity index (χ0) is 15.0. The summed E-state index contributed by atoms with van der Waals surface area (Å²) in [5.41, 5.74) is 2.08. The number of phenols is 2. The summed E-state index contributed by atoms with van der Waals surface area (Å²) in [5, 5.41) is 23.0. The summed E-state index contributed by atoms with van der Waals surface area (Å²) >= 11 is 6.15. The topological polar surface area (TPSA) is 69.6 Å². The molecule has 1 unspecified atom stereocenters. The third-order valence-corrected chi connectivity index (χ3v) is 4.72. The van der Waals surface area contributed by atoms with Crippen molar-refractivity contribution in [3.05, 3.63) is 34.4 Å². The van der Waals surface area contributed by atoms with E-state index < -0.39 is 0 Å². The number of carbonyl (C=O) groups excluding carboxylic acids is 1. The molecule has 3 N–H and O–H groups in total. The van der Waals surface area contributed by atoms with Gasteiger partial charge in [0.2, 0.25) is 0 Å². The SMILES string of the molecule is O=C1CC=C2C(CCN[C@@H]2Cc2cc(O)c(O)cc2Cl)C1. The number of nitrogens with one attached hydrogen (secondary N) is 1. The molecule has 1 aliphatic heterocycles. The predicted molar refractivity (Wildman–Crippen MR) is 80.7 cm³/mol. The Morgan fingerprint density at radius 3 is 2.86 bits per heavy atom. The first-order chi connectivity index (χ1) is 10.0. The van der Waals surface area contributed by atoms with Gasteiger partial charge in [0.15, 0.2) is 11.5 Å². The van der Waals surface area contributed by atoms with Crippen LogP contribution in [0.25, 0.3) is 0 Å². The maximum atomic E-state index is 11.6. The highest BCUT2D eigenvalue weighted by atomic mass is 35.5. The number of phenolic OH excluding ortho intramolecular Hbond substituents is 2. The van der Waals surface area contributed by atoms with Crippen LogP contribution < -0.4 is 5.32 Å². The molecule has 4 nitrogen and oxygen atoms in total. The highest BCUT2D eigenvalue weighted by Crippen LogP contribution is 2.36. The van der Waals surface area contributed by atoms with Crippen molar-refractivity contribution in [1.82, 2.24) is 5.32 Å². The van der Waals surface area contributed by atoms with Crippen LogP contribution in [0.15, 0.2) is 23.8 Å². The van der Waals surface area contributed by atoms with E-state index in [-0.39, 0.29) is 17.5 Å². The summed E-state index contributed by atoms with van der Waals surface area (Å²) in [6, 6.07) is 3.02. The van der Waals surface area contributed by atoms with Crippen LogP contribution in [0.4, 0.5) is 0 Å². The quantitative estimate of drug-likeness (QED) is 0.580. The Hall–Kier alpha value is -1.52. The second kappa shape index (κ2) is 5.70. The summed E-state index contributed by atoms with van der Waals surface area (Å²) in [7, 11) is 0. The number of piperidine rings is 1. The Morgan fingerprint density at radius 1 is 1.29 bits per heavy atom. The van der Waals surface area contributed by atoms with Gasteiger partial charge in [0.1, 0.15) is 5.78 Å². The minimum atomic E-state index is -0.208. The normalized spacial score (nSPS) is 25.4. The number of allylic oxidation sites excluding steroid dienone is 1. The molecule has 1 saturated heterocycles. The smallest absolute Gasteiger partial charge is 0.158 e. The third-order valence-electron chi connectivity index (χ3n) is 4.36. The summed E-state index contributed by atoms with van der Waals surface area (Å²) in [4.78, 5) is 11.6. The van der Waals surface area contributed by atoms with E-state index >= 15 is 0 Å². The largest absolute Gasteiger partial charge is 0.504 e. The predicted octanol–water partition coefficient (Wildman–Crippen LogP) is 2.56. The second-order valence-electron chi connectivity index (χ2n) is 5.78. The molecule has 3 rings (SSSR count). The molecule has 112 valence electrons. The van der Waals surface area contributed by atoms with Gasteiger partial charge >= 0.3 is 0 Å². The molecule has 0 aromatic heterocycles. The van der Waals surface area contributed by atoms with Gasteiger partial charge in [-0.05, 0) is 36.9 Å². The lowest BCUT2D eigenvalue weighted by molar-refractivity contribution is -0.119. The van der Waals surface area contributed by atoms with Crippen LogP contribution in [-0.4, -0.2) is 28.6 Å². The lowest BCUT2D eigenvalue weighted by atomic mass is 9.77. The number of Topliss-reactive ketones (excluding diaryl/α,β-unsaturated/α-hetero) is 1. The number of hydrogen-bond acceptors (Lipinski definition) is 4. The van der Waals surface area contributed by atoms with Crippen LogP contribution in [0, 0.1) is 5.92 Å². The number of ketones is 1. The molecule has 1 heterocycles. The van der Waals surface area contributed by atoms with Gasteiger partial charge in [-0.1, -0.05) is 23.3 Å². The number of aromatic hydroxyl groups is 2. The Bertz CT molecular complexity index is 612. The summed E-state index contributed by atoms with van der Waals surface area (Å²) in [6.45, 7) is 0.877. The Morgan fingerprint density at radius 2 is 2.05 bits per heavy atom. The molecule has 1 aromatic rings. The molecule has 0 amide bonds. The first kappa shape index (κ1) is 14.4. The van der Waals surface area contributed by atoms with E-state index in [4.69, 9.17) is 11.6 Å². The molecule has 0 bridgehead atoms. The van der Waals surface area contributed by atoms with Gasteiger partial charge in [0.05, 0.1) is 0 Å². The Labute approximate surface area is 128 Å². The number of rotatable bonds is 2. The molecule has 5 heteroatoms. The van der Waals surface area contributed by atoms with Crippen LogP contribution in [-0.2, 0) is 11.2 Å². The van der Waals surface area contributed by atoms with Crippen molar-refractivity contribution in [1.29, 1.82) is 0 Å². The van der Waals surface area contributed by atoms with Crippen LogP contribution in [0.5, 0.6) is 11.5 Å². The second-order valence-corrected chi connectivity index (χ2v) is 6.19. The van der Waals surface area contributed by atoms with Crippen molar-refractivity contribution < 1.29 is 15.0 Å². The number of carbonyl (C=O) groups is 1. The Kier molecular flexibility index (Phi) is 3.91. The fourth-order valence-electron chi connectivity index (χ4n) is 3.28. The standard InChI is InChI=1S/C16H18ClNO3/c17-13-8-16(21)15(20)7-10(13)6-14-12-2-1-11(19)5-9(12)3-4-18-14/h2,7-9,14,18,20-21H,1,3-6H2/t9?,14-/m1/s1. The number of halogens is 1. The van der Waals surface area contributed by atoms with Crippen LogP contribution >= 0.6 is 11.6 Å². The molecule has 0 spiro atoms. The minimum absolute atomic E-state index is 0.137. The van der Waals surface area contributed by atoms with Gasteiger partial charge in [-0.2, -0.15) is 0 Å². The first-order valence-corrected chi connectivity index (χ1v) is 7.57. The van der Waals surface area contributed by atoms with E-state index in [9.17, 15) is 15.0 Å². The lowest BCUT2D eigenvalue weighted by Crippen LogP contribution is -2.43. The molecule has 1 aliphatic carbocycles. The number of hydrogen-bond donors (Lipinski definition) is 3.